The van der Waals surface area contributed by atoms with Crippen LogP contribution in [0.2, 0.25) is 0 Å². The van der Waals surface area contributed by atoms with E-state index < -0.39 is 0 Å². The second-order valence-corrected chi connectivity index (χ2v) is 5.43. The second kappa shape index (κ2) is 6.12. The molecule has 0 saturated carbocycles. The van der Waals surface area contributed by atoms with Gasteiger partial charge in [0.15, 0.2) is 5.82 Å². The molecule has 1 atom stereocenters. The van der Waals surface area contributed by atoms with Crippen LogP contribution >= 0.6 is 11.8 Å². The van der Waals surface area contributed by atoms with Crippen LogP contribution in [0.4, 0.5) is 0 Å². The lowest BCUT2D eigenvalue weighted by Crippen LogP contribution is -2.02. The van der Waals surface area contributed by atoms with Crippen molar-refractivity contribution >= 4 is 11.8 Å². The Bertz CT molecular complexity index is 289. The van der Waals surface area contributed by atoms with E-state index in [9.17, 15) is 0 Å². The Balaban J connectivity index is 2.39. The standard InChI is InChI=1S/C10H18N2O2S/c1-7(2)4-9-11-10(14-12-9)6-15-8(3)5-13/h7-8,13H,4-6H2,1-3H3. The summed E-state index contributed by atoms with van der Waals surface area (Å²) in [5, 5.41) is 13.0. The van der Waals surface area contributed by atoms with E-state index in [2.05, 4.69) is 24.0 Å². The molecule has 5 heteroatoms. The van der Waals surface area contributed by atoms with Crippen molar-refractivity contribution in [2.24, 2.45) is 5.92 Å². The number of aromatic nitrogens is 2. The van der Waals surface area contributed by atoms with Crippen LogP contribution in [0.3, 0.4) is 0 Å². The lowest BCUT2D eigenvalue weighted by atomic mass is 10.1. The maximum Gasteiger partial charge on any atom is 0.236 e. The van der Waals surface area contributed by atoms with E-state index in [0.717, 1.165) is 12.2 Å². The van der Waals surface area contributed by atoms with Gasteiger partial charge in [0.1, 0.15) is 0 Å². The molecule has 0 aliphatic heterocycles. The lowest BCUT2D eigenvalue weighted by Gasteiger charge is -2.03. The van der Waals surface area contributed by atoms with Gasteiger partial charge < -0.3 is 9.63 Å². The Hall–Kier alpha value is -0.550. The Morgan fingerprint density at radius 3 is 2.73 bits per heavy atom. The Morgan fingerprint density at radius 1 is 1.40 bits per heavy atom. The molecular formula is C10H18N2O2S. The van der Waals surface area contributed by atoms with Crippen LogP contribution in [0, 0.1) is 5.92 Å². The Kier molecular flexibility index (Phi) is 5.11. The van der Waals surface area contributed by atoms with Gasteiger partial charge in [0.25, 0.3) is 0 Å². The van der Waals surface area contributed by atoms with Crippen LogP contribution in [-0.4, -0.2) is 27.1 Å². The Morgan fingerprint density at radius 2 is 2.13 bits per heavy atom. The topological polar surface area (TPSA) is 59.2 Å². The quantitative estimate of drug-likeness (QED) is 0.808. The van der Waals surface area contributed by atoms with E-state index in [0.29, 0.717) is 17.6 Å². The molecule has 1 N–H and O–H groups in total. The predicted molar refractivity (Wildman–Crippen MR) is 60.7 cm³/mol. The molecule has 1 aromatic heterocycles. The molecule has 86 valence electrons. The molecule has 15 heavy (non-hydrogen) atoms. The van der Waals surface area contributed by atoms with Crippen LogP contribution in [0.15, 0.2) is 4.52 Å². The van der Waals surface area contributed by atoms with Crippen molar-refractivity contribution in [2.75, 3.05) is 6.61 Å². The summed E-state index contributed by atoms with van der Waals surface area (Å²) in [4.78, 5) is 4.28. The molecule has 0 radical (unpaired) electrons. The van der Waals surface area contributed by atoms with E-state index in [4.69, 9.17) is 9.63 Å². The summed E-state index contributed by atoms with van der Waals surface area (Å²) in [5.74, 6) is 2.64. The predicted octanol–water partition coefficient (Wildman–Crippen LogP) is 1.88. The summed E-state index contributed by atoms with van der Waals surface area (Å²) >= 11 is 1.62. The molecule has 0 spiro atoms. The molecule has 0 aliphatic rings. The van der Waals surface area contributed by atoms with Crippen LogP contribution in [0.25, 0.3) is 0 Å². The van der Waals surface area contributed by atoms with Crippen molar-refractivity contribution in [1.82, 2.24) is 10.1 Å². The molecular weight excluding hydrogens is 212 g/mol. The van der Waals surface area contributed by atoms with Gasteiger partial charge in [-0.3, -0.25) is 0 Å². The van der Waals surface area contributed by atoms with Crippen LogP contribution in [0.5, 0.6) is 0 Å². The zero-order valence-electron chi connectivity index (χ0n) is 9.43. The summed E-state index contributed by atoms with van der Waals surface area (Å²) in [6, 6.07) is 0. The normalized spacial score (nSPS) is 13.4. The van der Waals surface area contributed by atoms with Crippen LogP contribution < -0.4 is 0 Å². The summed E-state index contributed by atoms with van der Waals surface area (Å²) in [5.41, 5.74) is 0. The number of aliphatic hydroxyl groups excluding tert-OH is 1. The Labute approximate surface area is 94.5 Å². The molecule has 0 aromatic carbocycles. The number of nitrogens with zero attached hydrogens (tertiary/aromatic N) is 2. The minimum Gasteiger partial charge on any atom is -0.395 e. The minimum atomic E-state index is 0.178. The van der Waals surface area contributed by atoms with Crippen LogP contribution in [0.1, 0.15) is 32.5 Å². The highest BCUT2D eigenvalue weighted by Gasteiger charge is 2.09. The van der Waals surface area contributed by atoms with Gasteiger partial charge in [-0.15, -0.1) is 11.8 Å². The number of aliphatic hydroxyl groups is 1. The first-order valence-corrected chi connectivity index (χ1v) is 6.20. The molecule has 1 aromatic rings. The highest BCUT2D eigenvalue weighted by molar-refractivity contribution is 7.99. The van der Waals surface area contributed by atoms with E-state index in [1.807, 2.05) is 6.92 Å². The highest BCUT2D eigenvalue weighted by atomic mass is 32.2. The maximum absolute atomic E-state index is 8.85. The van der Waals surface area contributed by atoms with Crippen molar-refractivity contribution in [3.05, 3.63) is 11.7 Å². The minimum absolute atomic E-state index is 0.178. The highest BCUT2D eigenvalue weighted by Crippen LogP contribution is 2.16. The van der Waals surface area contributed by atoms with Crippen LogP contribution in [-0.2, 0) is 12.2 Å². The fourth-order valence-corrected chi connectivity index (χ4v) is 1.71. The fourth-order valence-electron chi connectivity index (χ4n) is 1.06. The number of thioether (sulfide) groups is 1. The number of hydrogen-bond acceptors (Lipinski definition) is 5. The molecule has 0 saturated heterocycles. The van der Waals surface area contributed by atoms with Crippen molar-refractivity contribution in [3.63, 3.8) is 0 Å². The van der Waals surface area contributed by atoms with Crippen molar-refractivity contribution in [3.8, 4) is 0 Å². The molecule has 0 aliphatic carbocycles. The molecule has 1 heterocycles. The average molecular weight is 230 g/mol. The van der Waals surface area contributed by atoms with E-state index >= 15 is 0 Å². The van der Waals surface area contributed by atoms with Gasteiger partial charge in [0.05, 0.1) is 12.4 Å². The number of rotatable bonds is 6. The largest absolute Gasteiger partial charge is 0.395 e. The first-order chi connectivity index (χ1) is 7.11. The molecule has 1 rings (SSSR count). The first-order valence-electron chi connectivity index (χ1n) is 5.15. The van der Waals surface area contributed by atoms with E-state index in [1.165, 1.54) is 0 Å². The van der Waals surface area contributed by atoms with E-state index in [-0.39, 0.29) is 11.9 Å². The van der Waals surface area contributed by atoms with Gasteiger partial charge in [-0.25, -0.2) is 0 Å². The van der Waals surface area contributed by atoms with Gasteiger partial charge in [0, 0.05) is 11.7 Å². The van der Waals surface area contributed by atoms with Gasteiger partial charge in [0.2, 0.25) is 5.89 Å². The maximum atomic E-state index is 8.85. The third kappa shape index (κ3) is 4.66. The smallest absolute Gasteiger partial charge is 0.236 e. The summed E-state index contributed by atoms with van der Waals surface area (Å²) in [7, 11) is 0. The monoisotopic (exact) mass is 230 g/mol. The fraction of sp³-hybridized carbons (Fsp3) is 0.800. The average Bonchev–Trinajstić information content (AvgIpc) is 2.61. The number of hydrogen-bond donors (Lipinski definition) is 1. The van der Waals surface area contributed by atoms with E-state index in [1.54, 1.807) is 11.8 Å². The summed E-state index contributed by atoms with van der Waals surface area (Å²) < 4.78 is 5.10. The SMILES string of the molecule is CC(C)Cc1noc(CSC(C)CO)n1. The summed E-state index contributed by atoms with van der Waals surface area (Å²) in [6.07, 6.45) is 0.851. The molecule has 1 unspecified atom stereocenters. The third-order valence-corrected chi connectivity index (χ3v) is 2.98. The van der Waals surface area contributed by atoms with Gasteiger partial charge in [-0.2, -0.15) is 4.98 Å². The molecule has 0 amide bonds. The lowest BCUT2D eigenvalue weighted by molar-refractivity contribution is 0.300. The molecule has 0 fully saturated rings. The summed E-state index contributed by atoms with van der Waals surface area (Å²) in [6.45, 7) is 6.39. The van der Waals surface area contributed by atoms with Gasteiger partial charge in [-0.1, -0.05) is 25.9 Å². The molecule has 0 bridgehead atoms. The van der Waals surface area contributed by atoms with Crippen molar-refractivity contribution in [1.29, 1.82) is 0 Å². The zero-order chi connectivity index (χ0) is 11.3. The van der Waals surface area contributed by atoms with Crippen molar-refractivity contribution < 1.29 is 9.63 Å². The van der Waals surface area contributed by atoms with Gasteiger partial charge in [-0.05, 0) is 5.92 Å². The molecule has 4 nitrogen and oxygen atoms in total. The first kappa shape index (κ1) is 12.5. The second-order valence-electron chi connectivity index (χ2n) is 4.01. The zero-order valence-corrected chi connectivity index (χ0v) is 10.3. The van der Waals surface area contributed by atoms with Gasteiger partial charge >= 0.3 is 0 Å². The third-order valence-electron chi connectivity index (χ3n) is 1.85. The van der Waals surface area contributed by atoms with Crippen molar-refractivity contribution in [2.45, 2.75) is 38.2 Å².